The third-order valence-electron chi connectivity index (χ3n) is 6.84. The number of benzene rings is 2. The van der Waals surface area contributed by atoms with E-state index in [4.69, 9.17) is 9.47 Å². The molecule has 7 heteroatoms. The molecule has 1 aliphatic rings. The monoisotopic (exact) mass is 522 g/mol. The predicted octanol–water partition coefficient (Wildman–Crippen LogP) is 4.77. The minimum absolute atomic E-state index is 0.0605. The van der Waals surface area contributed by atoms with Crippen LogP contribution in [-0.2, 0) is 22.6 Å². The third kappa shape index (κ3) is 7.42. The number of ether oxygens (including phenoxy) is 2. The highest BCUT2D eigenvalue weighted by atomic mass is 32.1. The fourth-order valence-corrected chi connectivity index (χ4v) is 5.76. The maximum Gasteiger partial charge on any atom is 0.237 e. The fraction of sp³-hybridized carbons (Fsp3) is 0.433. The van der Waals surface area contributed by atoms with Crippen molar-refractivity contribution in [3.8, 4) is 5.75 Å². The second-order valence-electron chi connectivity index (χ2n) is 9.71. The Morgan fingerprint density at radius 2 is 2.00 bits per heavy atom. The molecule has 198 valence electrons. The van der Waals surface area contributed by atoms with Gasteiger partial charge in [-0.25, -0.2) is 0 Å². The molecule has 6 nitrogen and oxygen atoms in total. The zero-order chi connectivity index (χ0) is 26.2. The van der Waals surface area contributed by atoms with E-state index in [9.17, 15) is 9.90 Å². The first-order valence-electron chi connectivity index (χ1n) is 13.0. The van der Waals surface area contributed by atoms with Crippen molar-refractivity contribution in [2.24, 2.45) is 0 Å². The molecule has 0 saturated carbocycles. The summed E-state index contributed by atoms with van der Waals surface area (Å²) in [6, 6.07) is 18.1. The summed E-state index contributed by atoms with van der Waals surface area (Å²) in [5.74, 6) is 0.916. The van der Waals surface area contributed by atoms with Crippen LogP contribution >= 0.6 is 11.3 Å². The molecule has 1 aliphatic heterocycles. The molecule has 0 aliphatic carbocycles. The average molecular weight is 523 g/mol. The van der Waals surface area contributed by atoms with E-state index < -0.39 is 6.10 Å². The number of rotatable bonds is 12. The van der Waals surface area contributed by atoms with Crippen molar-refractivity contribution >= 4 is 17.2 Å². The number of nitrogens with zero attached hydrogens (tertiary/aromatic N) is 2. The number of hydrogen-bond donors (Lipinski definition) is 1. The lowest BCUT2D eigenvalue weighted by molar-refractivity contribution is -0.136. The molecular formula is C30H38N2O4S. The largest absolute Gasteiger partial charge is 0.491 e. The van der Waals surface area contributed by atoms with Crippen molar-refractivity contribution in [1.29, 1.82) is 0 Å². The number of carbonyl (C=O) groups is 1. The van der Waals surface area contributed by atoms with E-state index in [0.717, 1.165) is 23.3 Å². The first-order valence-corrected chi connectivity index (χ1v) is 13.9. The van der Waals surface area contributed by atoms with Gasteiger partial charge in [0.25, 0.3) is 0 Å². The van der Waals surface area contributed by atoms with E-state index in [2.05, 4.69) is 37.4 Å². The summed E-state index contributed by atoms with van der Waals surface area (Å²) in [6.07, 6.45) is 0.200. The molecule has 2 unspecified atom stereocenters. The van der Waals surface area contributed by atoms with E-state index in [0.29, 0.717) is 32.8 Å². The summed E-state index contributed by atoms with van der Waals surface area (Å²) in [6.45, 7) is 9.23. The molecule has 37 heavy (non-hydrogen) atoms. The van der Waals surface area contributed by atoms with Gasteiger partial charge in [0.2, 0.25) is 5.91 Å². The average Bonchev–Trinajstić information content (AvgIpc) is 3.37. The van der Waals surface area contributed by atoms with Crippen molar-refractivity contribution in [3.63, 3.8) is 0 Å². The normalized spacial score (nSPS) is 16.0. The highest BCUT2D eigenvalue weighted by Gasteiger charge is 2.33. The second kappa shape index (κ2) is 13.2. The van der Waals surface area contributed by atoms with Crippen LogP contribution in [0.15, 0.2) is 60.0 Å². The SMILES string of the molecule is CCN(CC(=O)N1CCc2sccc2C1COc1ccc(C)cc1C)CC(O)COCc1ccccc1. The Hall–Kier alpha value is -2.71. The standard InChI is InChI=1S/C30H38N2O4S/c1-4-31(17-25(33)20-35-19-24-8-6-5-7-9-24)18-30(34)32-14-12-29-26(13-15-37-29)27(32)21-36-28-11-10-22(2)16-23(28)3/h5-11,13,15-16,25,27,33H,4,12,14,17-21H2,1-3H3. The van der Waals surface area contributed by atoms with Gasteiger partial charge in [0.1, 0.15) is 12.4 Å². The van der Waals surface area contributed by atoms with Gasteiger partial charge < -0.3 is 19.5 Å². The summed E-state index contributed by atoms with van der Waals surface area (Å²) >= 11 is 1.75. The summed E-state index contributed by atoms with van der Waals surface area (Å²) in [4.78, 5) is 18.8. The maximum absolute atomic E-state index is 13.5. The Morgan fingerprint density at radius 3 is 2.76 bits per heavy atom. The molecule has 0 spiro atoms. The predicted molar refractivity (Wildman–Crippen MR) is 148 cm³/mol. The van der Waals surface area contributed by atoms with Gasteiger partial charge in [-0.05, 0) is 61.0 Å². The molecule has 0 bridgehead atoms. The number of amides is 1. The molecule has 1 amide bonds. The van der Waals surface area contributed by atoms with Gasteiger partial charge in [0, 0.05) is 18.0 Å². The molecule has 1 aromatic heterocycles. The highest BCUT2D eigenvalue weighted by Crippen LogP contribution is 2.34. The smallest absolute Gasteiger partial charge is 0.237 e. The maximum atomic E-state index is 13.5. The van der Waals surface area contributed by atoms with Gasteiger partial charge >= 0.3 is 0 Å². The Morgan fingerprint density at radius 1 is 1.19 bits per heavy atom. The van der Waals surface area contributed by atoms with Crippen molar-refractivity contribution in [1.82, 2.24) is 9.80 Å². The molecule has 3 aromatic rings. The number of thiophene rings is 1. The second-order valence-corrected chi connectivity index (χ2v) is 10.7. The Bertz CT molecular complexity index is 1150. The van der Waals surface area contributed by atoms with Crippen LogP contribution in [0.1, 0.15) is 40.1 Å². The highest BCUT2D eigenvalue weighted by molar-refractivity contribution is 7.10. The van der Waals surface area contributed by atoms with Crippen LogP contribution in [0.5, 0.6) is 5.75 Å². The van der Waals surface area contributed by atoms with Crippen LogP contribution in [0.25, 0.3) is 0 Å². The van der Waals surface area contributed by atoms with Crippen molar-refractivity contribution in [2.45, 2.75) is 45.9 Å². The first-order chi connectivity index (χ1) is 17.9. The summed E-state index contributed by atoms with van der Waals surface area (Å²) in [5.41, 5.74) is 4.56. The molecule has 4 rings (SSSR count). The van der Waals surface area contributed by atoms with E-state index in [1.54, 1.807) is 11.3 Å². The van der Waals surface area contributed by atoms with Crippen LogP contribution in [-0.4, -0.2) is 66.3 Å². The molecule has 1 N–H and O–H groups in total. The van der Waals surface area contributed by atoms with Crippen LogP contribution in [0, 0.1) is 13.8 Å². The first kappa shape index (κ1) is 27.3. The van der Waals surface area contributed by atoms with Gasteiger partial charge in [-0.1, -0.05) is 55.0 Å². The van der Waals surface area contributed by atoms with Crippen LogP contribution in [0.3, 0.4) is 0 Å². The van der Waals surface area contributed by atoms with Crippen LogP contribution in [0.4, 0.5) is 0 Å². The van der Waals surface area contributed by atoms with Crippen LogP contribution in [0.2, 0.25) is 0 Å². The van der Waals surface area contributed by atoms with Gasteiger partial charge in [0.05, 0.1) is 31.9 Å². The van der Waals surface area contributed by atoms with Gasteiger partial charge in [-0.3, -0.25) is 9.69 Å². The topological polar surface area (TPSA) is 62.2 Å². The Balaban J connectivity index is 1.35. The minimum atomic E-state index is -0.662. The number of aryl methyl sites for hydroxylation is 2. The van der Waals surface area contributed by atoms with E-state index in [-0.39, 0.29) is 25.1 Å². The zero-order valence-corrected chi connectivity index (χ0v) is 22.9. The van der Waals surface area contributed by atoms with Gasteiger partial charge in [-0.2, -0.15) is 0 Å². The van der Waals surface area contributed by atoms with E-state index >= 15 is 0 Å². The number of carbonyl (C=O) groups excluding carboxylic acids is 1. The Labute approximate surface area is 224 Å². The van der Waals surface area contributed by atoms with Crippen molar-refractivity contribution in [2.75, 3.05) is 39.4 Å². The number of aliphatic hydroxyl groups excluding tert-OH is 1. The number of aliphatic hydroxyl groups is 1. The van der Waals surface area contributed by atoms with Gasteiger partial charge in [0.15, 0.2) is 0 Å². The molecule has 2 heterocycles. The molecular weight excluding hydrogens is 484 g/mol. The lowest BCUT2D eigenvalue weighted by atomic mass is 10.00. The molecule has 2 aromatic carbocycles. The van der Waals surface area contributed by atoms with E-state index in [1.165, 1.54) is 16.0 Å². The molecule has 0 fully saturated rings. The summed E-state index contributed by atoms with van der Waals surface area (Å²) in [5, 5.41) is 12.7. The minimum Gasteiger partial charge on any atom is -0.491 e. The lowest BCUT2D eigenvalue weighted by Crippen LogP contribution is -2.48. The van der Waals surface area contributed by atoms with Crippen molar-refractivity contribution < 1.29 is 19.4 Å². The lowest BCUT2D eigenvalue weighted by Gasteiger charge is -2.37. The zero-order valence-electron chi connectivity index (χ0n) is 22.1. The molecule has 0 saturated heterocycles. The van der Waals surface area contributed by atoms with E-state index in [1.807, 2.05) is 53.1 Å². The fourth-order valence-electron chi connectivity index (χ4n) is 4.83. The summed E-state index contributed by atoms with van der Waals surface area (Å²) in [7, 11) is 0. The van der Waals surface area contributed by atoms with Crippen molar-refractivity contribution in [3.05, 3.63) is 87.1 Å². The molecule has 2 atom stereocenters. The number of likely N-dealkylation sites (N-methyl/N-ethyl adjacent to an activating group) is 1. The quantitative estimate of drug-likeness (QED) is 0.371. The summed E-state index contributed by atoms with van der Waals surface area (Å²) < 4.78 is 12.0. The number of fused-ring (bicyclic) bond motifs is 1. The molecule has 0 radical (unpaired) electrons. The van der Waals surface area contributed by atoms with Gasteiger partial charge in [-0.15, -0.1) is 11.3 Å². The van der Waals surface area contributed by atoms with Crippen LogP contribution < -0.4 is 4.74 Å². The number of hydrogen-bond acceptors (Lipinski definition) is 6. The Kier molecular flexibility index (Phi) is 9.75. The third-order valence-corrected chi connectivity index (χ3v) is 7.84.